The van der Waals surface area contributed by atoms with Crippen LogP contribution in [0.5, 0.6) is 11.6 Å². The number of aromatic nitrogens is 2. The van der Waals surface area contributed by atoms with Crippen molar-refractivity contribution < 1.29 is 14.6 Å². The number of benzene rings is 1. The lowest BCUT2D eigenvalue weighted by Crippen LogP contribution is -2.18. The van der Waals surface area contributed by atoms with Crippen molar-refractivity contribution in [3.8, 4) is 11.6 Å². The van der Waals surface area contributed by atoms with Crippen molar-refractivity contribution in [2.75, 3.05) is 17.7 Å². The van der Waals surface area contributed by atoms with Crippen LogP contribution in [0.1, 0.15) is 32.8 Å². The number of amides is 1. The molecule has 0 fully saturated rings. The van der Waals surface area contributed by atoms with Gasteiger partial charge in [0.2, 0.25) is 11.8 Å². The van der Waals surface area contributed by atoms with Gasteiger partial charge in [-0.2, -0.15) is 4.98 Å². The highest BCUT2D eigenvalue weighted by Crippen LogP contribution is 2.24. The summed E-state index contributed by atoms with van der Waals surface area (Å²) in [6.07, 6.45) is 1.25. The molecule has 2 rings (SSSR count). The third kappa shape index (κ3) is 6.32. The van der Waals surface area contributed by atoms with E-state index in [0.717, 1.165) is 18.2 Å². The summed E-state index contributed by atoms with van der Waals surface area (Å²) in [6.45, 7) is 6.46. The minimum Gasteiger partial charge on any atom is -0.493 e. The lowest BCUT2D eigenvalue weighted by molar-refractivity contribution is -0.113. The molecule has 1 heterocycles. The third-order valence-electron chi connectivity index (χ3n) is 3.74. The summed E-state index contributed by atoms with van der Waals surface area (Å²) in [4.78, 5) is 30.9. The van der Waals surface area contributed by atoms with Gasteiger partial charge >= 0.3 is 0 Å². The van der Waals surface area contributed by atoms with Crippen LogP contribution in [-0.4, -0.2) is 33.3 Å². The maximum absolute atomic E-state index is 12.2. The zero-order valence-electron chi connectivity index (χ0n) is 15.7. The van der Waals surface area contributed by atoms with E-state index < -0.39 is 0 Å². The number of thioether (sulfide) groups is 1. The van der Waals surface area contributed by atoms with Crippen molar-refractivity contribution >= 4 is 23.4 Å². The first-order valence-electron chi connectivity index (χ1n) is 8.87. The van der Waals surface area contributed by atoms with Gasteiger partial charge in [0, 0.05) is 0 Å². The van der Waals surface area contributed by atoms with Gasteiger partial charge in [0.15, 0.2) is 5.16 Å². The fourth-order valence-corrected chi connectivity index (χ4v) is 3.02. The van der Waals surface area contributed by atoms with Crippen LogP contribution in [0, 0.1) is 5.92 Å². The maximum Gasteiger partial charge on any atom is 0.258 e. The van der Waals surface area contributed by atoms with E-state index in [-0.39, 0.29) is 33.8 Å². The predicted molar refractivity (Wildman–Crippen MR) is 107 cm³/mol. The van der Waals surface area contributed by atoms with E-state index in [2.05, 4.69) is 15.3 Å². The lowest BCUT2D eigenvalue weighted by Gasteiger charge is -2.11. The number of hydrogen-bond donors (Lipinski definition) is 3. The molecule has 27 heavy (non-hydrogen) atoms. The molecular formula is C19H25N3O4S. The zero-order chi connectivity index (χ0) is 19.8. The molecule has 146 valence electrons. The van der Waals surface area contributed by atoms with Gasteiger partial charge in [-0.1, -0.05) is 37.7 Å². The molecular weight excluding hydrogens is 366 g/mol. The normalized spacial score (nSPS) is 10.8. The molecule has 0 spiro atoms. The van der Waals surface area contributed by atoms with Crippen molar-refractivity contribution in [3.05, 3.63) is 40.2 Å². The van der Waals surface area contributed by atoms with Crippen molar-refractivity contribution in [2.24, 2.45) is 5.92 Å². The Kier molecular flexibility index (Phi) is 7.72. The fourth-order valence-electron chi connectivity index (χ4n) is 2.36. The van der Waals surface area contributed by atoms with Crippen LogP contribution in [0.15, 0.2) is 34.2 Å². The second kappa shape index (κ2) is 10.0. The van der Waals surface area contributed by atoms with E-state index in [1.807, 2.05) is 26.8 Å². The van der Waals surface area contributed by atoms with Gasteiger partial charge in [0.25, 0.3) is 5.56 Å². The number of nitrogens with zero attached hydrogens (tertiary/aromatic N) is 1. The highest BCUT2D eigenvalue weighted by atomic mass is 32.2. The van der Waals surface area contributed by atoms with Gasteiger partial charge < -0.3 is 20.1 Å². The lowest BCUT2D eigenvalue weighted by atomic mass is 10.0. The highest BCUT2D eigenvalue weighted by molar-refractivity contribution is 7.99. The van der Waals surface area contributed by atoms with Gasteiger partial charge in [0.05, 0.1) is 23.6 Å². The number of anilines is 1. The molecule has 2 aromatic rings. The Morgan fingerprint density at radius 1 is 1.37 bits per heavy atom. The molecule has 1 amide bonds. The smallest absolute Gasteiger partial charge is 0.258 e. The second-order valence-electron chi connectivity index (χ2n) is 6.37. The number of carbonyl (C=O) groups excluding carboxylic acids is 1. The van der Waals surface area contributed by atoms with Crippen LogP contribution >= 0.6 is 11.8 Å². The van der Waals surface area contributed by atoms with E-state index in [0.29, 0.717) is 30.4 Å². The number of rotatable bonds is 9. The van der Waals surface area contributed by atoms with Crippen LogP contribution in [0.2, 0.25) is 0 Å². The number of aromatic hydroxyl groups is 1. The number of para-hydroxylation sites is 2. The molecule has 7 nitrogen and oxygen atoms in total. The SMILES string of the molecule is CCOc1ccccc1NC(=O)CSc1nc(O)c(CCC(C)C)c(=O)[nH]1. The molecule has 8 heteroatoms. The first-order valence-corrected chi connectivity index (χ1v) is 9.85. The minimum absolute atomic E-state index is 0.0359. The molecule has 0 radical (unpaired) electrons. The van der Waals surface area contributed by atoms with Crippen LogP contribution < -0.4 is 15.6 Å². The molecule has 0 aliphatic carbocycles. The second-order valence-corrected chi connectivity index (χ2v) is 7.34. The monoisotopic (exact) mass is 391 g/mol. The quantitative estimate of drug-likeness (QED) is 0.448. The Morgan fingerprint density at radius 3 is 2.78 bits per heavy atom. The summed E-state index contributed by atoms with van der Waals surface area (Å²) in [5.41, 5.74) is 0.495. The molecule has 1 aromatic carbocycles. The Balaban J connectivity index is 1.98. The molecule has 0 atom stereocenters. The van der Waals surface area contributed by atoms with E-state index >= 15 is 0 Å². The van der Waals surface area contributed by atoms with E-state index in [4.69, 9.17) is 4.74 Å². The average Bonchev–Trinajstić information content (AvgIpc) is 2.61. The molecule has 0 unspecified atom stereocenters. The molecule has 0 saturated carbocycles. The van der Waals surface area contributed by atoms with Crippen LogP contribution in [0.25, 0.3) is 0 Å². The van der Waals surface area contributed by atoms with Crippen LogP contribution in [0.4, 0.5) is 5.69 Å². The van der Waals surface area contributed by atoms with Crippen LogP contribution in [-0.2, 0) is 11.2 Å². The molecule has 3 N–H and O–H groups in total. The van der Waals surface area contributed by atoms with Gasteiger partial charge in [-0.15, -0.1) is 0 Å². The standard InChI is InChI=1S/C19H25N3O4S/c1-4-26-15-8-6-5-7-14(15)20-16(23)11-27-19-21-17(24)13(18(25)22-19)10-9-12(2)3/h5-8,12H,4,9-11H2,1-3H3,(H,20,23)(H2,21,22,24,25). The average molecular weight is 391 g/mol. The molecule has 0 aliphatic heterocycles. The number of ether oxygens (including phenoxy) is 1. The highest BCUT2D eigenvalue weighted by Gasteiger charge is 2.13. The summed E-state index contributed by atoms with van der Waals surface area (Å²) in [5.74, 6) is 0.508. The van der Waals surface area contributed by atoms with Crippen molar-refractivity contribution in [2.45, 2.75) is 38.8 Å². The fraction of sp³-hybridized carbons (Fsp3) is 0.421. The summed E-state index contributed by atoms with van der Waals surface area (Å²) < 4.78 is 5.47. The first-order chi connectivity index (χ1) is 12.9. The summed E-state index contributed by atoms with van der Waals surface area (Å²) in [5, 5.41) is 13.0. The van der Waals surface area contributed by atoms with Crippen molar-refractivity contribution in [3.63, 3.8) is 0 Å². The minimum atomic E-state index is -0.368. The summed E-state index contributed by atoms with van der Waals surface area (Å²) in [6, 6.07) is 7.16. The Morgan fingerprint density at radius 2 is 2.11 bits per heavy atom. The number of hydrogen-bond acceptors (Lipinski definition) is 6. The molecule has 0 bridgehead atoms. The summed E-state index contributed by atoms with van der Waals surface area (Å²) in [7, 11) is 0. The van der Waals surface area contributed by atoms with Crippen molar-refractivity contribution in [1.82, 2.24) is 9.97 Å². The number of carbonyl (C=O) groups is 1. The number of aromatic amines is 1. The molecule has 1 aromatic heterocycles. The summed E-state index contributed by atoms with van der Waals surface area (Å²) >= 11 is 1.05. The topological polar surface area (TPSA) is 104 Å². The number of H-pyrrole nitrogens is 1. The van der Waals surface area contributed by atoms with Gasteiger partial charge in [-0.25, -0.2) is 0 Å². The largest absolute Gasteiger partial charge is 0.493 e. The van der Waals surface area contributed by atoms with Gasteiger partial charge in [-0.05, 0) is 37.8 Å². The Labute approximate surface area is 162 Å². The van der Waals surface area contributed by atoms with Gasteiger partial charge in [0.1, 0.15) is 5.75 Å². The van der Waals surface area contributed by atoms with Crippen LogP contribution in [0.3, 0.4) is 0 Å². The molecule has 0 aliphatic rings. The predicted octanol–water partition coefficient (Wildman–Crippen LogP) is 3.19. The Hall–Kier alpha value is -2.48. The first kappa shape index (κ1) is 20.8. The van der Waals surface area contributed by atoms with Gasteiger partial charge in [-0.3, -0.25) is 9.59 Å². The van der Waals surface area contributed by atoms with E-state index in [1.54, 1.807) is 18.2 Å². The Bertz CT molecular complexity index is 836. The zero-order valence-corrected chi connectivity index (χ0v) is 16.6. The third-order valence-corrected chi connectivity index (χ3v) is 4.62. The van der Waals surface area contributed by atoms with E-state index in [9.17, 15) is 14.7 Å². The van der Waals surface area contributed by atoms with E-state index in [1.165, 1.54) is 0 Å². The molecule has 0 saturated heterocycles. The van der Waals surface area contributed by atoms with Crippen molar-refractivity contribution in [1.29, 1.82) is 0 Å². The number of nitrogens with one attached hydrogen (secondary N) is 2. The maximum atomic E-state index is 12.2.